The number of aromatic nitrogens is 3. The highest BCUT2D eigenvalue weighted by molar-refractivity contribution is 7.19. The van der Waals surface area contributed by atoms with Gasteiger partial charge < -0.3 is 11.1 Å². The Hall–Kier alpha value is -3.09. The Morgan fingerprint density at radius 1 is 0.862 bits per heavy atom. The highest BCUT2D eigenvalue weighted by atomic mass is 32.1. The summed E-state index contributed by atoms with van der Waals surface area (Å²) in [5.41, 5.74) is 12.9. The molecule has 6 heteroatoms. The summed E-state index contributed by atoms with van der Waals surface area (Å²) < 4.78 is 0. The van der Waals surface area contributed by atoms with Gasteiger partial charge in [-0.3, -0.25) is 9.97 Å². The minimum Gasteiger partial charge on any atom is -0.375 e. The maximum atomic E-state index is 6.02. The number of anilines is 1. The molecule has 0 unspecified atom stereocenters. The average molecular weight is 404 g/mol. The van der Waals surface area contributed by atoms with Crippen molar-refractivity contribution in [3.05, 3.63) is 72.1 Å². The van der Waals surface area contributed by atoms with E-state index in [1.165, 1.54) is 16.9 Å². The number of aryl methyl sites for hydroxylation is 2. The highest BCUT2D eigenvalue weighted by Crippen LogP contribution is 2.37. The number of thiazole rings is 1. The molecular weight excluding hydrogens is 378 g/mol. The number of nitrogens with two attached hydrogens (primary N) is 1. The van der Waals surface area contributed by atoms with Crippen molar-refractivity contribution < 1.29 is 0 Å². The van der Waals surface area contributed by atoms with Crippen LogP contribution in [0.2, 0.25) is 0 Å². The van der Waals surface area contributed by atoms with Gasteiger partial charge in [-0.2, -0.15) is 0 Å². The van der Waals surface area contributed by atoms with Crippen LogP contribution in [0.5, 0.6) is 0 Å². The molecule has 0 fully saturated rings. The maximum absolute atomic E-state index is 6.02. The summed E-state index contributed by atoms with van der Waals surface area (Å²) in [6.45, 7) is 4.06. The molecule has 29 heavy (non-hydrogen) atoms. The van der Waals surface area contributed by atoms with Gasteiger partial charge in [-0.25, -0.2) is 4.98 Å². The van der Waals surface area contributed by atoms with Crippen LogP contribution in [0.3, 0.4) is 0 Å². The van der Waals surface area contributed by atoms with Crippen LogP contribution in [0.4, 0.5) is 5.13 Å². The molecule has 5 nitrogen and oxygen atoms in total. The van der Waals surface area contributed by atoms with Gasteiger partial charge in [-0.1, -0.05) is 47.2 Å². The Labute approximate surface area is 175 Å². The number of nitrogens with one attached hydrogen (secondary N) is 1. The van der Waals surface area contributed by atoms with Crippen LogP contribution in [0.1, 0.15) is 11.3 Å². The van der Waals surface area contributed by atoms with Gasteiger partial charge in [-0.15, -0.1) is 0 Å². The number of nitrogens with zero attached hydrogens (tertiary/aromatic N) is 3. The van der Waals surface area contributed by atoms with Gasteiger partial charge >= 0.3 is 0 Å². The van der Waals surface area contributed by atoms with E-state index in [0.29, 0.717) is 5.13 Å². The summed E-state index contributed by atoms with van der Waals surface area (Å²) in [6.07, 6.45) is 1.81. The van der Waals surface area contributed by atoms with Crippen LogP contribution < -0.4 is 11.1 Å². The van der Waals surface area contributed by atoms with Gasteiger partial charge in [0.05, 0.1) is 22.0 Å². The predicted molar refractivity (Wildman–Crippen MR) is 123 cm³/mol. The van der Waals surface area contributed by atoms with Crippen LogP contribution in [0.25, 0.3) is 33.1 Å². The number of hydrogen-bond acceptors (Lipinski definition) is 6. The summed E-state index contributed by atoms with van der Waals surface area (Å²) >= 11 is 1.46. The Morgan fingerprint density at radius 3 is 2.28 bits per heavy atom. The predicted octanol–water partition coefficient (Wildman–Crippen LogP) is 4.97. The van der Waals surface area contributed by atoms with Crippen molar-refractivity contribution in [2.24, 2.45) is 0 Å². The van der Waals surface area contributed by atoms with Crippen molar-refractivity contribution >= 4 is 16.5 Å². The topological polar surface area (TPSA) is 76.7 Å². The molecule has 0 bridgehead atoms. The average Bonchev–Trinajstić information content (AvgIpc) is 3.11. The summed E-state index contributed by atoms with van der Waals surface area (Å²) in [4.78, 5) is 14.7. The second-order valence-electron chi connectivity index (χ2n) is 6.69. The quantitative estimate of drug-likeness (QED) is 0.505. The molecular formula is C23H25N5S. The smallest absolute Gasteiger partial charge is 0.181 e. The Kier molecular flexibility index (Phi) is 6.69. The summed E-state index contributed by atoms with van der Waals surface area (Å²) in [6, 6.07) is 18.3. The monoisotopic (exact) mass is 403 g/mol. The molecule has 0 atom stereocenters. The van der Waals surface area contributed by atoms with Crippen molar-refractivity contribution in [1.82, 2.24) is 20.3 Å². The molecule has 3 N–H and O–H groups in total. The van der Waals surface area contributed by atoms with Crippen molar-refractivity contribution in [3.8, 4) is 33.1 Å². The van der Waals surface area contributed by atoms with Crippen molar-refractivity contribution in [1.29, 1.82) is 0 Å². The van der Waals surface area contributed by atoms with Crippen molar-refractivity contribution in [3.63, 3.8) is 0 Å². The zero-order valence-electron chi connectivity index (χ0n) is 17.1. The molecule has 0 aliphatic carbocycles. The van der Waals surface area contributed by atoms with E-state index >= 15 is 0 Å². The Balaban J connectivity index is 0.000000755. The summed E-state index contributed by atoms with van der Waals surface area (Å²) in [7, 11) is 3.75. The summed E-state index contributed by atoms with van der Waals surface area (Å²) in [5.74, 6) is 0. The molecule has 0 aliphatic heterocycles. The van der Waals surface area contributed by atoms with Gasteiger partial charge in [0.2, 0.25) is 0 Å². The van der Waals surface area contributed by atoms with Gasteiger partial charge in [-0.05, 0) is 52.2 Å². The molecule has 0 aliphatic rings. The lowest BCUT2D eigenvalue weighted by Crippen LogP contribution is -1.90. The number of rotatable bonds is 3. The van der Waals surface area contributed by atoms with Gasteiger partial charge in [0.25, 0.3) is 0 Å². The van der Waals surface area contributed by atoms with Gasteiger partial charge in [0.15, 0.2) is 5.13 Å². The summed E-state index contributed by atoms with van der Waals surface area (Å²) in [5, 5.41) is 3.28. The van der Waals surface area contributed by atoms with Crippen LogP contribution in [-0.2, 0) is 0 Å². The first-order valence-electron chi connectivity index (χ1n) is 9.34. The van der Waals surface area contributed by atoms with Crippen LogP contribution >= 0.6 is 11.3 Å². The Morgan fingerprint density at radius 2 is 1.59 bits per heavy atom. The molecule has 4 rings (SSSR count). The fourth-order valence-corrected chi connectivity index (χ4v) is 3.66. The van der Waals surface area contributed by atoms with E-state index in [1.54, 1.807) is 0 Å². The standard InChI is InChI=1S/C21H18N4S.C2H7N/c1-13-6-8-15(9-7-13)18-12-16(10-11-23-18)19-20(26-21(22)25-19)17-5-3-4-14(2)24-17;1-3-2/h3-12H,1-2H3,(H2,22,25);3H,1-2H3. The van der Waals surface area contributed by atoms with E-state index in [2.05, 4.69) is 57.5 Å². The molecule has 0 radical (unpaired) electrons. The second-order valence-corrected chi connectivity index (χ2v) is 7.72. The molecule has 4 aromatic rings. The second kappa shape index (κ2) is 9.41. The third-order valence-electron chi connectivity index (χ3n) is 4.15. The fourth-order valence-electron chi connectivity index (χ4n) is 2.84. The molecule has 3 heterocycles. The zero-order valence-corrected chi connectivity index (χ0v) is 17.9. The number of pyridine rings is 2. The third kappa shape index (κ3) is 5.04. The lowest BCUT2D eigenvalue weighted by Gasteiger charge is -2.06. The molecule has 0 amide bonds. The minimum atomic E-state index is 0.534. The molecule has 148 valence electrons. The number of hydrogen-bond donors (Lipinski definition) is 2. The van der Waals surface area contributed by atoms with Crippen LogP contribution in [-0.4, -0.2) is 29.0 Å². The van der Waals surface area contributed by atoms with E-state index in [4.69, 9.17) is 5.73 Å². The molecule has 0 spiro atoms. The SMILES string of the molecule is CNC.Cc1ccc(-c2cc(-c3nc(N)sc3-c3cccc(C)n3)ccn2)cc1. The fraction of sp³-hybridized carbons (Fsp3) is 0.174. The lowest BCUT2D eigenvalue weighted by atomic mass is 10.1. The van der Waals surface area contributed by atoms with Crippen LogP contribution in [0.15, 0.2) is 60.8 Å². The van der Waals surface area contributed by atoms with Crippen molar-refractivity contribution in [2.75, 3.05) is 19.8 Å². The van der Waals surface area contributed by atoms with E-state index in [-0.39, 0.29) is 0 Å². The molecule has 3 aromatic heterocycles. The number of nitrogen functional groups attached to an aromatic ring is 1. The molecule has 1 aromatic carbocycles. The first-order chi connectivity index (χ1) is 14.0. The van der Waals surface area contributed by atoms with E-state index in [0.717, 1.165) is 38.8 Å². The van der Waals surface area contributed by atoms with Gasteiger partial charge in [0.1, 0.15) is 0 Å². The van der Waals surface area contributed by atoms with Gasteiger partial charge in [0, 0.05) is 23.0 Å². The third-order valence-corrected chi connectivity index (χ3v) is 5.05. The van der Waals surface area contributed by atoms with Crippen LogP contribution in [0, 0.1) is 13.8 Å². The highest BCUT2D eigenvalue weighted by Gasteiger charge is 2.16. The van der Waals surface area contributed by atoms with E-state index in [9.17, 15) is 0 Å². The van der Waals surface area contributed by atoms with Crippen molar-refractivity contribution in [2.45, 2.75) is 13.8 Å². The molecule has 0 saturated heterocycles. The van der Waals surface area contributed by atoms with E-state index in [1.807, 2.05) is 51.5 Å². The zero-order chi connectivity index (χ0) is 20.8. The number of benzene rings is 1. The lowest BCUT2D eigenvalue weighted by molar-refractivity contribution is 1.02. The first-order valence-corrected chi connectivity index (χ1v) is 10.2. The first kappa shape index (κ1) is 20.6. The minimum absolute atomic E-state index is 0.534. The molecule has 0 saturated carbocycles. The van der Waals surface area contributed by atoms with E-state index < -0.39 is 0 Å². The maximum Gasteiger partial charge on any atom is 0.181 e. The normalized spacial score (nSPS) is 10.3. The largest absolute Gasteiger partial charge is 0.375 e. The Bertz CT molecular complexity index is 1090.